The van der Waals surface area contributed by atoms with Gasteiger partial charge in [-0.05, 0) is 49.6 Å². The van der Waals surface area contributed by atoms with Gasteiger partial charge in [0.05, 0.1) is 23.2 Å². The molecule has 8 heteroatoms. The smallest absolute Gasteiger partial charge is 0.337 e. The first kappa shape index (κ1) is 17.7. The van der Waals surface area contributed by atoms with Crippen molar-refractivity contribution in [2.45, 2.75) is 39.7 Å². The van der Waals surface area contributed by atoms with Crippen molar-refractivity contribution in [1.82, 2.24) is 15.6 Å². The Balaban J connectivity index is 2.25. The van der Waals surface area contributed by atoms with Crippen LogP contribution in [0.5, 0.6) is 0 Å². The van der Waals surface area contributed by atoms with Gasteiger partial charge in [0.25, 0.3) is 0 Å². The van der Waals surface area contributed by atoms with Crippen LogP contribution in [0, 0.1) is 0 Å². The number of carboxylic acids is 1. The average molecular weight is 357 g/mol. The third kappa shape index (κ3) is 2.94. The quantitative estimate of drug-likeness (QED) is 0.802. The molecule has 2 N–H and O–H groups in total. The summed E-state index contributed by atoms with van der Waals surface area (Å²) in [6.07, 6.45) is -0.340. The van der Waals surface area contributed by atoms with Gasteiger partial charge in [-0.25, -0.2) is 14.2 Å². The fraction of sp³-hybridized carbons (Fsp3) is 0.333. The maximum atomic E-state index is 12.8. The molecule has 0 fully saturated rings. The normalized spacial score (nSPS) is 17.7. The number of carboxylic acid groups (broad SMARTS) is 1. The molecule has 2 heterocycles. The van der Waals surface area contributed by atoms with Crippen LogP contribution in [0.25, 0.3) is 11.0 Å². The number of aliphatic carboxylic acids is 1. The minimum Gasteiger partial charge on any atom is -0.478 e. The molecule has 0 spiro atoms. The summed E-state index contributed by atoms with van der Waals surface area (Å²) in [6.45, 7) is 6.85. The van der Waals surface area contributed by atoms with Gasteiger partial charge in [0, 0.05) is 11.4 Å². The summed E-state index contributed by atoms with van der Waals surface area (Å²) >= 11 is 0. The van der Waals surface area contributed by atoms with Gasteiger partial charge >= 0.3 is 11.9 Å². The van der Waals surface area contributed by atoms with Crippen molar-refractivity contribution >= 4 is 23.0 Å². The number of carbonyl (C=O) groups is 2. The summed E-state index contributed by atoms with van der Waals surface area (Å²) in [7, 11) is 0. The van der Waals surface area contributed by atoms with Crippen LogP contribution in [0.4, 0.5) is 0 Å². The minimum absolute atomic E-state index is 0.0572. The number of carbonyl (C=O) groups excluding carboxylic acids is 1. The molecule has 0 bridgehead atoms. The second-order valence-corrected chi connectivity index (χ2v) is 6.37. The molecular formula is C18H19N3O5. The number of aromatic nitrogens is 2. The van der Waals surface area contributed by atoms with Gasteiger partial charge in [0.1, 0.15) is 11.0 Å². The number of hydrogen-bond donors (Lipinski definition) is 2. The Morgan fingerprint density at radius 3 is 2.54 bits per heavy atom. The lowest BCUT2D eigenvalue weighted by Gasteiger charge is -2.30. The van der Waals surface area contributed by atoms with Gasteiger partial charge in [-0.2, -0.15) is 0 Å². The largest absolute Gasteiger partial charge is 0.478 e. The molecule has 1 atom stereocenters. The van der Waals surface area contributed by atoms with E-state index < -0.39 is 17.9 Å². The molecule has 1 aromatic heterocycles. The van der Waals surface area contributed by atoms with Gasteiger partial charge in [0.2, 0.25) is 0 Å². The van der Waals surface area contributed by atoms with Crippen LogP contribution in [-0.4, -0.2) is 33.5 Å². The van der Waals surface area contributed by atoms with Crippen molar-refractivity contribution in [3.8, 4) is 0 Å². The van der Waals surface area contributed by atoms with E-state index in [0.717, 1.165) is 0 Å². The lowest BCUT2D eigenvalue weighted by molar-refractivity contribution is -0.143. The standard InChI is InChI=1S/C18H19N3O5/c1-8(2)25-18(24)14-10(4)19-9(3)13(17(22)23)15(14)11-6-5-7-12-16(11)21-26-20-12/h5-8,15,19H,1-4H3,(H,22,23). The molecule has 0 amide bonds. The van der Waals surface area contributed by atoms with E-state index in [-0.39, 0.29) is 17.3 Å². The van der Waals surface area contributed by atoms with Gasteiger partial charge in [-0.1, -0.05) is 12.1 Å². The van der Waals surface area contributed by atoms with Crippen molar-refractivity contribution < 1.29 is 24.1 Å². The third-order valence-corrected chi connectivity index (χ3v) is 4.18. The number of fused-ring (bicyclic) bond motifs is 1. The van der Waals surface area contributed by atoms with E-state index in [9.17, 15) is 14.7 Å². The molecule has 0 radical (unpaired) electrons. The van der Waals surface area contributed by atoms with Crippen LogP contribution < -0.4 is 5.32 Å². The van der Waals surface area contributed by atoms with Crippen LogP contribution in [-0.2, 0) is 14.3 Å². The highest BCUT2D eigenvalue weighted by molar-refractivity contribution is 6.00. The van der Waals surface area contributed by atoms with Gasteiger partial charge < -0.3 is 15.2 Å². The van der Waals surface area contributed by atoms with E-state index >= 15 is 0 Å². The zero-order valence-corrected chi connectivity index (χ0v) is 14.9. The van der Waals surface area contributed by atoms with Crippen LogP contribution in [0.15, 0.2) is 45.4 Å². The van der Waals surface area contributed by atoms with Gasteiger partial charge in [-0.3, -0.25) is 0 Å². The summed E-state index contributed by atoms with van der Waals surface area (Å²) < 4.78 is 10.2. The van der Waals surface area contributed by atoms with E-state index in [2.05, 4.69) is 15.6 Å². The topological polar surface area (TPSA) is 115 Å². The Labute approximate surface area is 149 Å². The third-order valence-electron chi connectivity index (χ3n) is 4.18. The number of nitrogens with zero attached hydrogens (tertiary/aromatic N) is 2. The lowest BCUT2D eigenvalue weighted by Crippen LogP contribution is -2.32. The molecular weight excluding hydrogens is 338 g/mol. The van der Waals surface area contributed by atoms with E-state index in [4.69, 9.17) is 9.37 Å². The maximum absolute atomic E-state index is 12.8. The summed E-state index contributed by atoms with van der Waals surface area (Å²) in [4.78, 5) is 24.7. The Hall–Kier alpha value is -3.16. The fourth-order valence-corrected chi connectivity index (χ4v) is 3.20. The molecule has 0 aliphatic carbocycles. The van der Waals surface area contributed by atoms with E-state index in [0.29, 0.717) is 28.0 Å². The number of hydrogen-bond acceptors (Lipinski definition) is 7. The minimum atomic E-state index is -1.13. The zero-order valence-electron chi connectivity index (χ0n) is 14.9. The van der Waals surface area contributed by atoms with E-state index in [1.54, 1.807) is 45.9 Å². The molecule has 8 nitrogen and oxygen atoms in total. The first-order valence-corrected chi connectivity index (χ1v) is 8.15. The van der Waals surface area contributed by atoms with Crippen LogP contribution in [0.1, 0.15) is 39.2 Å². The highest BCUT2D eigenvalue weighted by Gasteiger charge is 2.38. The number of nitrogens with one attached hydrogen (secondary N) is 1. The van der Waals surface area contributed by atoms with Crippen LogP contribution in [0.2, 0.25) is 0 Å². The van der Waals surface area contributed by atoms with Crippen molar-refractivity contribution in [3.63, 3.8) is 0 Å². The molecule has 0 saturated heterocycles. The first-order valence-electron chi connectivity index (χ1n) is 8.15. The molecule has 26 heavy (non-hydrogen) atoms. The molecule has 2 aromatic rings. The van der Waals surface area contributed by atoms with Crippen molar-refractivity contribution in [3.05, 3.63) is 46.3 Å². The number of benzene rings is 1. The Morgan fingerprint density at radius 2 is 1.88 bits per heavy atom. The SMILES string of the molecule is CC1=C(C(=O)O)C(c2cccc3nonc23)C(C(=O)OC(C)C)=C(C)N1. The number of allylic oxidation sites excluding steroid dienone is 2. The van der Waals surface area contributed by atoms with E-state index in [1.807, 2.05) is 0 Å². The fourth-order valence-electron chi connectivity index (χ4n) is 3.20. The summed E-state index contributed by atoms with van der Waals surface area (Å²) in [5.41, 5.74) is 2.70. The second-order valence-electron chi connectivity index (χ2n) is 6.37. The van der Waals surface area contributed by atoms with E-state index in [1.165, 1.54) is 0 Å². The predicted octanol–water partition coefficient (Wildman–Crippen LogP) is 2.49. The molecule has 3 rings (SSSR count). The highest BCUT2D eigenvalue weighted by Crippen LogP contribution is 2.40. The van der Waals surface area contributed by atoms with Crippen molar-refractivity contribution in [2.75, 3.05) is 0 Å². The Kier molecular flexibility index (Phi) is 4.50. The number of esters is 1. The van der Waals surface area contributed by atoms with Crippen molar-refractivity contribution in [1.29, 1.82) is 0 Å². The number of ether oxygens (including phenoxy) is 1. The predicted molar refractivity (Wildman–Crippen MR) is 91.9 cm³/mol. The lowest BCUT2D eigenvalue weighted by atomic mass is 9.80. The summed E-state index contributed by atoms with van der Waals surface area (Å²) in [5, 5.41) is 20.5. The Morgan fingerprint density at radius 1 is 1.19 bits per heavy atom. The second kappa shape index (κ2) is 6.62. The van der Waals surface area contributed by atoms with Crippen LogP contribution >= 0.6 is 0 Å². The molecule has 136 valence electrons. The Bertz CT molecular complexity index is 955. The summed E-state index contributed by atoms with van der Waals surface area (Å²) in [6, 6.07) is 5.14. The molecule has 1 unspecified atom stereocenters. The van der Waals surface area contributed by atoms with Gasteiger partial charge in [-0.15, -0.1) is 0 Å². The maximum Gasteiger partial charge on any atom is 0.337 e. The molecule has 1 aliphatic heterocycles. The average Bonchev–Trinajstić information content (AvgIpc) is 3.01. The monoisotopic (exact) mass is 357 g/mol. The molecule has 1 aliphatic rings. The van der Waals surface area contributed by atoms with Crippen molar-refractivity contribution in [2.24, 2.45) is 0 Å². The molecule has 1 aromatic carbocycles. The zero-order chi connectivity index (χ0) is 19.0. The number of rotatable bonds is 4. The van der Waals surface area contributed by atoms with Gasteiger partial charge in [0.15, 0.2) is 0 Å². The first-order chi connectivity index (χ1) is 12.3. The highest BCUT2D eigenvalue weighted by atomic mass is 16.6. The summed E-state index contributed by atoms with van der Waals surface area (Å²) in [5.74, 6) is -2.55. The number of dihydropyridines is 1. The molecule has 0 saturated carbocycles. The van der Waals surface area contributed by atoms with Crippen LogP contribution in [0.3, 0.4) is 0 Å².